The molecule has 1 saturated carbocycles. The van der Waals surface area contributed by atoms with Gasteiger partial charge in [-0.05, 0) is 24.5 Å². The second-order valence-electron chi connectivity index (χ2n) is 4.33. The fourth-order valence-corrected chi connectivity index (χ4v) is 1.79. The number of pyridine rings is 1. The van der Waals surface area contributed by atoms with Gasteiger partial charge in [0, 0.05) is 12.1 Å². The van der Waals surface area contributed by atoms with E-state index in [0.29, 0.717) is 5.92 Å². The summed E-state index contributed by atoms with van der Waals surface area (Å²) < 4.78 is 0. The second-order valence-corrected chi connectivity index (χ2v) is 4.33. The van der Waals surface area contributed by atoms with Crippen LogP contribution in [-0.2, 0) is 0 Å². The molecule has 1 aliphatic carbocycles. The van der Waals surface area contributed by atoms with E-state index in [2.05, 4.69) is 15.0 Å². The summed E-state index contributed by atoms with van der Waals surface area (Å²) in [5, 5.41) is 8.99. The van der Waals surface area contributed by atoms with Crippen LogP contribution in [0.15, 0.2) is 12.3 Å². The van der Waals surface area contributed by atoms with Crippen molar-refractivity contribution in [3.8, 4) is 0 Å². The summed E-state index contributed by atoms with van der Waals surface area (Å²) in [6.07, 6.45) is 4.10. The maximum Gasteiger partial charge on any atom is 0.177 e. The molecule has 0 aromatic carbocycles. The number of aliphatic hydroxyl groups excluding tert-OH is 1. The fraction of sp³-hybridized carbons (Fsp3) is 0.455. The number of hydrogen-bond donors (Lipinski definition) is 3. The van der Waals surface area contributed by atoms with Crippen LogP contribution in [0.1, 0.15) is 36.2 Å². The number of aromatic nitrogens is 3. The van der Waals surface area contributed by atoms with E-state index in [9.17, 15) is 0 Å². The number of fused-ring (bicyclic) bond motifs is 1. The van der Waals surface area contributed by atoms with Crippen molar-refractivity contribution in [3.05, 3.63) is 23.7 Å². The molecule has 1 atom stereocenters. The van der Waals surface area contributed by atoms with Crippen LogP contribution in [0.2, 0.25) is 0 Å². The van der Waals surface area contributed by atoms with E-state index in [1.54, 1.807) is 6.20 Å². The minimum atomic E-state index is -0.371. The third-order valence-electron chi connectivity index (χ3n) is 2.97. The Bertz CT molecular complexity index is 518. The molecule has 0 amide bonds. The van der Waals surface area contributed by atoms with Crippen molar-refractivity contribution in [2.75, 3.05) is 6.61 Å². The summed E-state index contributed by atoms with van der Waals surface area (Å²) in [4.78, 5) is 11.9. The van der Waals surface area contributed by atoms with Gasteiger partial charge in [0.2, 0.25) is 0 Å². The molecule has 0 aliphatic heterocycles. The number of aromatic amines is 1. The van der Waals surface area contributed by atoms with Gasteiger partial charge in [0.25, 0.3) is 0 Å². The highest BCUT2D eigenvalue weighted by molar-refractivity contribution is 5.71. The van der Waals surface area contributed by atoms with Gasteiger partial charge in [-0.25, -0.2) is 9.97 Å². The summed E-state index contributed by atoms with van der Waals surface area (Å²) in [7, 11) is 0. The van der Waals surface area contributed by atoms with Crippen molar-refractivity contribution in [1.82, 2.24) is 15.0 Å². The van der Waals surface area contributed by atoms with E-state index in [4.69, 9.17) is 10.8 Å². The molecule has 1 fully saturated rings. The topological polar surface area (TPSA) is 87.8 Å². The molecule has 1 unspecified atom stereocenters. The van der Waals surface area contributed by atoms with Gasteiger partial charge in [-0.2, -0.15) is 0 Å². The standard InChI is InChI=1S/C11H14N4O/c12-8(5-16)7-3-9-11(13-4-7)15-10(14-9)6-1-2-6/h3-4,6,8,16H,1-2,5,12H2,(H,13,14,15). The Hall–Kier alpha value is -1.46. The number of imidazole rings is 1. The molecule has 3 rings (SSSR count). The predicted molar refractivity (Wildman–Crippen MR) is 59.9 cm³/mol. The summed E-state index contributed by atoms with van der Waals surface area (Å²) in [6, 6.07) is 1.55. The first kappa shape index (κ1) is 9.74. The average molecular weight is 218 g/mol. The van der Waals surface area contributed by atoms with E-state index in [1.807, 2.05) is 6.07 Å². The minimum absolute atomic E-state index is 0.0726. The van der Waals surface area contributed by atoms with Gasteiger partial charge >= 0.3 is 0 Å². The summed E-state index contributed by atoms with van der Waals surface area (Å²) in [5.41, 5.74) is 8.21. The average Bonchev–Trinajstić information content (AvgIpc) is 3.07. The lowest BCUT2D eigenvalue weighted by molar-refractivity contribution is 0.268. The minimum Gasteiger partial charge on any atom is -0.394 e. The van der Waals surface area contributed by atoms with E-state index in [-0.39, 0.29) is 12.6 Å². The SMILES string of the molecule is NC(CO)c1cnc2nc(C3CC3)[nH]c2c1. The normalized spacial score (nSPS) is 17.9. The van der Waals surface area contributed by atoms with Crippen LogP contribution in [0.5, 0.6) is 0 Å². The summed E-state index contributed by atoms with van der Waals surface area (Å²) >= 11 is 0. The Morgan fingerprint density at radius 2 is 2.38 bits per heavy atom. The molecule has 2 heterocycles. The van der Waals surface area contributed by atoms with Gasteiger partial charge in [-0.3, -0.25) is 0 Å². The Morgan fingerprint density at radius 1 is 1.56 bits per heavy atom. The zero-order valence-electron chi connectivity index (χ0n) is 8.85. The van der Waals surface area contributed by atoms with Gasteiger partial charge in [-0.1, -0.05) is 0 Å². The van der Waals surface area contributed by atoms with Crippen molar-refractivity contribution < 1.29 is 5.11 Å². The first-order valence-electron chi connectivity index (χ1n) is 5.50. The molecular weight excluding hydrogens is 204 g/mol. The van der Waals surface area contributed by atoms with E-state index in [0.717, 1.165) is 22.6 Å². The molecule has 84 valence electrons. The van der Waals surface area contributed by atoms with Gasteiger partial charge in [0.1, 0.15) is 5.82 Å². The predicted octanol–water partition coefficient (Wildman–Crippen LogP) is 0.827. The molecule has 0 radical (unpaired) electrons. The summed E-state index contributed by atoms with van der Waals surface area (Å²) in [6.45, 7) is -0.0726. The lowest BCUT2D eigenvalue weighted by Gasteiger charge is -2.06. The quantitative estimate of drug-likeness (QED) is 0.712. The van der Waals surface area contributed by atoms with Crippen LogP contribution >= 0.6 is 0 Å². The van der Waals surface area contributed by atoms with E-state index >= 15 is 0 Å². The Kier molecular flexibility index (Phi) is 2.15. The van der Waals surface area contributed by atoms with Crippen molar-refractivity contribution in [1.29, 1.82) is 0 Å². The van der Waals surface area contributed by atoms with Crippen LogP contribution in [-0.4, -0.2) is 26.7 Å². The Labute approximate surface area is 92.7 Å². The number of nitrogens with one attached hydrogen (secondary N) is 1. The second kappa shape index (κ2) is 3.54. The molecular formula is C11H14N4O. The smallest absolute Gasteiger partial charge is 0.177 e. The zero-order valence-corrected chi connectivity index (χ0v) is 8.85. The van der Waals surface area contributed by atoms with Crippen LogP contribution in [0.4, 0.5) is 0 Å². The molecule has 4 N–H and O–H groups in total. The number of aliphatic hydroxyl groups is 1. The number of nitrogens with two attached hydrogens (primary N) is 1. The Balaban J connectivity index is 2.02. The highest BCUT2D eigenvalue weighted by Gasteiger charge is 2.27. The first-order valence-corrected chi connectivity index (χ1v) is 5.50. The van der Waals surface area contributed by atoms with Crippen molar-refractivity contribution >= 4 is 11.2 Å². The van der Waals surface area contributed by atoms with Gasteiger partial charge in [-0.15, -0.1) is 0 Å². The van der Waals surface area contributed by atoms with Crippen LogP contribution in [0, 0.1) is 0 Å². The fourth-order valence-electron chi connectivity index (χ4n) is 1.79. The van der Waals surface area contributed by atoms with Crippen molar-refractivity contribution in [2.45, 2.75) is 24.8 Å². The third kappa shape index (κ3) is 1.58. The van der Waals surface area contributed by atoms with Crippen molar-refractivity contribution in [2.24, 2.45) is 5.73 Å². The molecule has 0 spiro atoms. The zero-order chi connectivity index (χ0) is 11.1. The van der Waals surface area contributed by atoms with E-state index < -0.39 is 0 Å². The first-order chi connectivity index (χ1) is 7.78. The lowest BCUT2D eigenvalue weighted by atomic mass is 10.1. The number of H-pyrrole nitrogens is 1. The van der Waals surface area contributed by atoms with Crippen LogP contribution in [0.3, 0.4) is 0 Å². The molecule has 5 nitrogen and oxygen atoms in total. The third-order valence-corrected chi connectivity index (χ3v) is 2.97. The molecule has 5 heteroatoms. The lowest BCUT2D eigenvalue weighted by Crippen LogP contribution is -2.14. The number of nitrogens with zero attached hydrogens (tertiary/aromatic N) is 2. The van der Waals surface area contributed by atoms with E-state index in [1.165, 1.54) is 12.8 Å². The van der Waals surface area contributed by atoms with Gasteiger partial charge in [0.05, 0.1) is 18.2 Å². The molecule has 16 heavy (non-hydrogen) atoms. The largest absolute Gasteiger partial charge is 0.394 e. The maximum atomic E-state index is 8.99. The molecule has 2 aromatic rings. The highest BCUT2D eigenvalue weighted by Crippen LogP contribution is 2.38. The Morgan fingerprint density at radius 3 is 3.06 bits per heavy atom. The van der Waals surface area contributed by atoms with Crippen molar-refractivity contribution in [3.63, 3.8) is 0 Å². The number of rotatable bonds is 3. The van der Waals surface area contributed by atoms with Gasteiger partial charge in [0.15, 0.2) is 5.65 Å². The number of hydrogen-bond acceptors (Lipinski definition) is 4. The van der Waals surface area contributed by atoms with Gasteiger partial charge < -0.3 is 15.8 Å². The maximum absolute atomic E-state index is 8.99. The van der Waals surface area contributed by atoms with Crippen LogP contribution < -0.4 is 5.73 Å². The highest BCUT2D eigenvalue weighted by atomic mass is 16.3. The monoisotopic (exact) mass is 218 g/mol. The molecule has 1 aliphatic rings. The van der Waals surface area contributed by atoms with Crippen LogP contribution in [0.25, 0.3) is 11.2 Å². The molecule has 0 bridgehead atoms. The molecule has 0 saturated heterocycles. The molecule has 2 aromatic heterocycles. The summed E-state index contributed by atoms with van der Waals surface area (Å²) in [5.74, 6) is 1.61.